The summed E-state index contributed by atoms with van der Waals surface area (Å²) < 4.78 is 13.6. The van der Waals surface area contributed by atoms with E-state index in [0.29, 0.717) is 23.8 Å². The molecule has 30 heavy (non-hydrogen) atoms. The number of anilines is 2. The number of nitriles is 1. The number of nitrogens with one attached hydrogen (secondary N) is 1. The van der Waals surface area contributed by atoms with E-state index in [1.165, 1.54) is 12.1 Å². The number of halogens is 2. The van der Waals surface area contributed by atoms with Crippen molar-refractivity contribution in [2.45, 2.75) is 19.3 Å². The summed E-state index contributed by atoms with van der Waals surface area (Å²) in [6, 6.07) is 16.3. The third-order valence-electron chi connectivity index (χ3n) is 4.62. The third-order valence-corrected chi connectivity index (χ3v) is 4.91. The molecule has 2 aromatic heterocycles. The molecule has 7 heteroatoms. The highest BCUT2D eigenvalue weighted by Crippen LogP contribution is 2.29. The number of fused-ring (bicyclic) bond motifs is 1. The highest BCUT2D eigenvalue weighted by atomic mass is 35.5. The quantitative estimate of drug-likeness (QED) is 0.385. The lowest BCUT2D eigenvalue weighted by Gasteiger charge is -2.12. The van der Waals surface area contributed by atoms with E-state index in [1.807, 2.05) is 30.3 Å². The first-order valence-corrected chi connectivity index (χ1v) is 9.82. The summed E-state index contributed by atoms with van der Waals surface area (Å²) in [6.07, 6.45) is 5.48. The predicted octanol–water partition coefficient (Wildman–Crippen LogP) is 6.07. The largest absolute Gasteiger partial charge is 0.340 e. The van der Waals surface area contributed by atoms with Crippen molar-refractivity contribution in [1.82, 2.24) is 15.0 Å². The number of aryl methyl sites for hydroxylation is 1. The Balaban J connectivity index is 1.80. The Kier molecular flexibility index (Phi) is 5.82. The zero-order valence-corrected chi connectivity index (χ0v) is 16.7. The van der Waals surface area contributed by atoms with Crippen molar-refractivity contribution in [2.24, 2.45) is 0 Å². The molecule has 0 saturated heterocycles. The van der Waals surface area contributed by atoms with Crippen LogP contribution in [0.3, 0.4) is 0 Å². The van der Waals surface area contributed by atoms with Crippen molar-refractivity contribution >= 4 is 34.0 Å². The van der Waals surface area contributed by atoms with E-state index in [1.54, 1.807) is 18.5 Å². The Morgan fingerprint density at radius 3 is 2.77 bits per heavy atom. The molecule has 0 spiro atoms. The number of pyridine rings is 1. The number of aromatic nitrogens is 3. The average molecular weight is 418 g/mol. The molecule has 0 unspecified atom stereocenters. The van der Waals surface area contributed by atoms with E-state index in [-0.39, 0.29) is 5.02 Å². The van der Waals surface area contributed by atoms with Crippen LogP contribution < -0.4 is 5.32 Å². The first kappa shape index (κ1) is 19.7. The molecule has 0 radical (unpaired) electrons. The summed E-state index contributed by atoms with van der Waals surface area (Å²) in [5, 5.41) is 12.9. The standard InChI is InChI=1S/C23H17ClFN5/c24-19-13-17(7-8-20(19)25)28-23-18-12-15(4-1-2-10-26)6-9-21(18)29-22(30-23)16-5-3-11-27-14-16/h3,5-9,11-14H,1-2,4H2,(H,28,29,30). The summed E-state index contributed by atoms with van der Waals surface area (Å²) in [4.78, 5) is 13.5. The van der Waals surface area contributed by atoms with E-state index < -0.39 is 5.82 Å². The van der Waals surface area contributed by atoms with Crippen molar-refractivity contribution in [3.63, 3.8) is 0 Å². The lowest BCUT2D eigenvalue weighted by Crippen LogP contribution is -2.00. The zero-order valence-electron chi connectivity index (χ0n) is 15.9. The van der Waals surface area contributed by atoms with Gasteiger partial charge >= 0.3 is 0 Å². The molecule has 2 aromatic carbocycles. The minimum absolute atomic E-state index is 0.0306. The molecule has 0 atom stereocenters. The number of unbranched alkanes of at least 4 members (excludes halogenated alkanes) is 1. The lowest BCUT2D eigenvalue weighted by atomic mass is 10.1. The van der Waals surface area contributed by atoms with Crippen LogP contribution >= 0.6 is 11.6 Å². The number of benzene rings is 2. The fraction of sp³-hybridized carbons (Fsp3) is 0.130. The maximum absolute atomic E-state index is 13.6. The van der Waals surface area contributed by atoms with Crippen LogP contribution in [0.2, 0.25) is 5.02 Å². The second kappa shape index (κ2) is 8.85. The molecule has 148 valence electrons. The predicted molar refractivity (Wildman–Crippen MR) is 116 cm³/mol. The Bertz CT molecular complexity index is 1240. The molecule has 0 amide bonds. The van der Waals surface area contributed by atoms with Crippen LogP contribution in [0.15, 0.2) is 60.9 Å². The maximum atomic E-state index is 13.6. The molecular formula is C23H17ClFN5. The van der Waals surface area contributed by atoms with Crippen LogP contribution in [-0.2, 0) is 6.42 Å². The van der Waals surface area contributed by atoms with Gasteiger partial charge in [-0.2, -0.15) is 5.26 Å². The minimum atomic E-state index is -0.481. The SMILES string of the molecule is N#CCCCc1ccc2nc(-c3cccnc3)nc(Nc3ccc(F)c(Cl)c3)c2c1. The topological polar surface area (TPSA) is 74.5 Å². The van der Waals surface area contributed by atoms with Gasteiger partial charge in [-0.25, -0.2) is 14.4 Å². The fourth-order valence-electron chi connectivity index (χ4n) is 3.13. The highest BCUT2D eigenvalue weighted by Gasteiger charge is 2.12. The van der Waals surface area contributed by atoms with Crippen LogP contribution in [0, 0.1) is 17.1 Å². The van der Waals surface area contributed by atoms with Gasteiger partial charge in [0.05, 0.1) is 16.6 Å². The summed E-state index contributed by atoms with van der Waals surface area (Å²) >= 11 is 5.94. The smallest absolute Gasteiger partial charge is 0.163 e. The third kappa shape index (κ3) is 4.37. The van der Waals surface area contributed by atoms with E-state index in [0.717, 1.165) is 34.9 Å². The van der Waals surface area contributed by atoms with Gasteiger partial charge in [0, 0.05) is 35.5 Å². The van der Waals surface area contributed by atoms with Crippen molar-refractivity contribution in [3.05, 3.63) is 77.3 Å². The van der Waals surface area contributed by atoms with Gasteiger partial charge in [-0.3, -0.25) is 4.98 Å². The average Bonchev–Trinajstić information content (AvgIpc) is 2.77. The van der Waals surface area contributed by atoms with Gasteiger partial charge in [0.2, 0.25) is 0 Å². The van der Waals surface area contributed by atoms with Crippen LogP contribution in [0.25, 0.3) is 22.3 Å². The molecule has 5 nitrogen and oxygen atoms in total. The summed E-state index contributed by atoms with van der Waals surface area (Å²) in [5.74, 6) is 0.637. The Hall–Kier alpha value is -3.56. The van der Waals surface area contributed by atoms with Gasteiger partial charge in [-0.15, -0.1) is 0 Å². The van der Waals surface area contributed by atoms with Crippen molar-refractivity contribution in [1.29, 1.82) is 5.26 Å². The molecule has 1 N–H and O–H groups in total. The molecule has 0 aliphatic carbocycles. The molecule has 4 rings (SSSR count). The van der Waals surface area contributed by atoms with Gasteiger partial charge in [0.25, 0.3) is 0 Å². The van der Waals surface area contributed by atoms with Gasteiger partial charge in [0.15, 0.2) is 5.82 Å². The lowest BCUT2D eigenvalue weighted by molar-refractivity contribution is 0.628. The molecular weight excluding hydrogens is 401 g/mol. The van der Waals surface area contributed by atoms with E-state index in [9.17, 15) is 4.39 Å². The summed E-state index contributed by atoms with van der Waals surface area (Å²) in [5.41, 5.74) is 3.27. The summed E-state index contributed by atoms with van der Waals surface area (Å²) in [7, 11) is 0. The number of hydrogen-bond donors (Lipinski definition) is 1. The normalized spacial score (nSPS) is 10.7. The molecule has 0 saturated carbocycles. The second-order valence-electron chi connectivity index (χ2n) is 6.75. The molecule has 4 aromatic rings. The fourth-order valence-corrected chi connectivity index (χ4v) is 3.31. The highest BCUT2D eigenvalue weighted by molar-refractivity contribution is 6.31. The Labute approximate surface area is 178 Å². The van der Waals surface area contributed by atoms with Crippen LogP contribution in [0.1, 0.15) is 18.4 Å². The molecule has 0 aliphatic rings. The monoisotopic (exact) mass is 417 g/mol. The van der Waals surface area contributed by atoms with Gasteiger partial charge in [-0.05, 0) is 60.9 Å². The van der Waals surface area contributed by atoms with Crippen molar-refractivity contribution in [2.75, 3.05) is 5.32 Å². The van der Waals surface area contributed by atoms with Gasteiger partial charge in [-0.1, -0.05) is 17.7 Å². The number of nitrogens with zero attached hydrogens (tertiary/aromatic N) is 4. The molecule has 0 fully saturated rings. The van der Waals surface area contributed by atoms with Crippen molar-refractivity contribution in [3.8, 4) is 17.5 Å². The first-order chi connectivity index (χ1) is 14.6. The van der Waals surface area contributed by atoms with Crippen LogP contribution in [0.4, 0.5) is 15.9 Å². The Morgan fingerprint density at radius 1 is 1.10 bits per heavy atom. The van der Waals surface area contributed by atoms with E-state index >= 15 is 0 Å². The van der Waals surface area contributed by atoms with Gasteiger partial charge in [0.1, 0.15) is 11.6 Å². The summed E-state index contributed by atoms with van der Waals surface area (Å²) in [6.45, 7) is 0. The van der Waals surface area contributed by atoms with Crippen LogP contribution in [0.5, 0.6) is 0 Å². The van der Waals surface area contributed by atoms with Crippen molar-refractivity contribution < 1.29 is 4.39 Å². The minimum Gasteiger partial charge on any atom is -0.340 e. The Morgan fingerprint density at radius 2 is 2.00 bits per heavy atom. The number of rotatable bonds is 6. The molecule has 0 bridgehead atoms. The van der Waals surface area contributed by atoms with E-state index in [2.05, 4.69) is 21.4 Å². The van der Waals surface area contributed by atoms with Crippen LogP contribution in [-0.4, -0.2) is 15.0 Å². The van der Waals surface area contributed by atoms with Gasteiger partial charge < -0.3 is 5.32 Å². The molecule has 0 aliphatic heterocycles. The first-order valence-electron chi connectivity index (χ1n) is 9.44. The zero-order chi connectivity index (χ0) is 20.9. The number of hydrogen-bond acceptors (Lipinski definition) is 5. The second-order valence-corrected chi connectivity index (χ2v) is 7.16. The van der Waals surface area contributed by atoms with E-state index in [4.69, 9.17) is 21.8 Å². The molecule has 2 heterocycles. The maximum Gasteiger partial charge on any atom is 0.163 e.